The van der Waals surface area contributed by atoms with E-state index in [0.29, 0.717) is 0 Å². The highest BCUT2D eigenvalue weighted by atomic mass is 16.3. The predicted octanol–water partition coefficient (Wildman–Crippen LogP) is 2.26. The minimum absolute atomic E-state index is 0.0520. The summed E-state index contributed by atoms with van der Waals surface area (Å²) < 4.78 is 0. The third kappa shape index (κ3) is 3.15. The molecule has 1 rings (SSSR count). The Morgan fingerprint density at radius 2 is 2.07 bits per heavy atom. The van der Waals surface area contributed by atoms with Crippen LogP contribution in [0.4, 0.5) is 0 Å². The molecule has 0 fully saturated rings. The van der Waals surface area contributed by atoms with Gasteiger partial charge >= 0.3 is 0 Å². The van der Waals surface area contributed by atoms with Crippen LogP contribution in [0.3, 0.4) is 0 Å². The molecule has 0 heterocycles. The van der Waals surface area contributed by atoms with E-state index in [9.17, 15) is 9.90 Å². The highest BCUT2D eigenvalue weighted by molar-refractivity contribution is 5.89. The molecule has 1 unspecified atom stereocenters. The maximum absolute atomic E-state index is 11.2. The summed E-state index contributed by atoms with van der Waals surface area (Å²) in [6.07, 6.45) is 2.61. The predicted molar refractivity (Wildman–Crippen MR) is 55.8 cm³/mol. The number of hydrogen-bond donors (Lipinski definition) is 1. The van der Waals surface area contributed by atoms with Gasteiger partial charge in [0.2, 0.25) is 0 Å². The standard InChI is InChI=1S/C12H14O2/c1-2-6-11(13)9-12(14)10-7-4-3-5-8-10/h2-8,12,14H,9H2,1H3. The average Bonchev–Trinajstić information content (AvgIpc) is 2.19. The van der Waals surface area contributed by atoms with Crippen molar-refractivity contribution in [3.05, 3.63) is 48.0 Å². The molecule has 0 aliphatic rings. The van der Waals surface area contributed by atoms with Crippen LogP contribution >= 0.6 is 0 Å². The summed E-state index contributed by atoms with van der Waals surface area (Å²) >= 11 is 0. The quantitative estimate of drug-likeness (QED) is 0.739. The van der Waals surface area contributed by atoms with Crippen molar-refractivity contribution in [3.63, 3.8) is 0 Å². The molecule has 2 nitrogen and oxygen atoms in total. The lowest BCUT2D eigenvalue weighted by atomic mass is 10.0. The zero-order valence-electron chi connectivity index (χ0n) is 8.18. The van der Waals surface area contributed by atoms with Gasteiger partial charge in [0.1, 0.15) is 0 Å². The molecule has 1 atom stereocenters. The number of aliphatic hydroxyl groups is 1. The van der Waals surface area contributed by atoms with Crippen molar-refractivity contribution in [2.75, 3.05) is 0 Å². The normalized spacial score (nSPS) is 13.0. The van der Waals surface area contributed by atoms with Gasteiger partial charge in [-0.1, -0.05) is 36.4 Å². The monoisotopic (exact) mass is 190 g/mol. The molecule has 0 spiro atoms. The Balaban J connectivity index is 2.59. The summed E-state index contributed by atoms with van der Waals surface area (Å²) in [4.78, 5) is 11.2. The Morgan fingerprint density at radius 1 is 1.43 bits per heavy atom. The summed E-state index contributed by atoms with van der Waals surface area (Å²) in [6, 6.07) is 9.20. The highest BCUT2D eigenvalue weighted by Gasteiger charge is 2.09. The molecule has 1 aromatic rings. The molecule has 0 aromatic heterocycles. The first-order chi connectivity index (χ1) is 6.74. The van der Waals surface area contributed by atoms with Crippen LogP contribution in [-0.4, -0.2) is 10.9 Å². The molecule has 74 valence electrons. The average molecular weight is 190 g/mol. The molecule has 0 saturated carbocycles. The highest BCUT2D eigenvalue weighted by Crippen LogP contribution is 2.16. The number of hydrogen-bond acceptors (Lipinski definition) is 2. The summed E-state index contributed by atoms with van der Waals surface area (Å²) in [7, 11) is 0. The topological polar surface area (TPSA) is 37.3 Å². The Kier molecular flexibility index (Phi) is 4.08. The van der Waals surface area contributed by atoms with Gasteiger partial charge in [-0.15, -0.1) is 0 Å². The first-order valence-electron chi connectivity index (χ1n) is 4.62. The molecule has 0 bridgehead atoms. The van der Waals surface area contributed by atoms with Crippen molar-refractivity contribution < 1.29 is 9.90 Å². The molecule has 0 aliphatic heterocycles. The number of allylic oxidation sites excluding steroid dienone is 2. The molecular formula is C12H14O2. The first kappa shape index (κ1) is 10.7. The van der Waals surface area contributed by atoms with Crippen molar-refractivity contribution in [2.45, 2.75) is 19.4 Å². The van der Waals surface area contributed by atoms with Gasteiger partial charge in [-0.2, -0.15) is 0 Å². The van der Waals surface area contributed by atoms with Crippen molar-refractivity contribution in [3.8, 4) is 0 Å². The van der Waals surface area contributed by atoms with Crippen LogP contribution in [0.1, 0.15) is 25.0 Å². The van der Waals surface area contributed by atoms with E-state index >= 15 is 0 Å². The van der Waals surface area contributed by atoms with Crippen LogP contribution in [0.25, 0.3) is 0 Å². The third-order valence-corrected chi connectivity index (χ3v) is 1.93. The largest absolute Gasteiger partial charge is 0.388 e. The number of aliphatic hydroxyl groups excluding tert-OH is 1. The van der Waals surface area contributed by atoms with Crippen molar-refractivity contribution >= 4 is 5.78 Å². The van der Waals surface area contributed by atoms with Gasteiger partial charge in [0, 0.05) is 6.42 Å². The van der Waals surface area contributed by atoms with E-state index in [1.807, 2.05) is 30.3 Å². The zero-order chi connectivity index (χ0) is 10.4. The SMILES string of the molecule is CC=CC(=O)CC(O)c1ccccc1. The minimum Gasteiger partial charge on any atom is -0.388 e. The van der Waals surface area contributed by atoms with Gasteiger partial charge in [-0.3, -0.25) is 4.79 Å². The van der Waals surface area contributed by atoms with Crippen LogP contribution in [0.5, 0.6) is 0 Å². The molecule has 0 saturated heterocycles. The minimum atomic E-state index is -0.695. The molecule has 2 heteroatoms. The number of benzene rings is 1. The first-order valence-corrected chi connectivity index (χ1v) is 4.62. The maximum atomic E-state index is 11.2. The Hall–Kier alpha value is -1.41. The van der Waals surface area contributed by atoms with Crippen LogP contribution in [0, 0.1) is 0 Å². The van der Waals surface area contributed by atoms with E-state index in [2.05, 4.69) is 0 Å². The summed E-state index contributed by atoms with van der Waals surface area (Å²) in [6.45, 7) is 1.78. The fourth-order valence-corrected chi connectivity index (χ4v) is 1.24. The van der Waals surface area contributed by atoms with Gasteiger partial charge in [-0.25, -0.2) is 0 Å². The number of carbonyl (C=O) groups is 1. The second-order valence-corrected chi connectivity index (χ2v) is 3.10. The third-order valence-electron chi connectivity index (χ3n) is 1.93. The van der Waals surface area contributed by atoms with E-state index in [4.69, 9.17) is 0 Å². The van der Waals surface area contributed by atoms with Gasteiger partial charge in [0.25, 0.3) is 0 Å². The van der Waals surface area contributed by atoms with Gasteiger partial charge in [0.15, 0.2) is 5.78 Å². The molecule has 0 amide bonds. The van der Waals surface area contributed by atoms with E-state index in [-0.39, 0.29) is 12.2 Å². The van der Waals surface area contributed by atoms with Crippen LogP contribution in [0.15, 0.2) is 42.5 Å². The van der Waals surface area contributed by atoms with Gasteiger partial charge in [0.05, 0.1) is 6.10 Å². The van der Waals surface area contributed by atoms with Crippen molar-refractivity contribution in [1.82, 2.24) is 0 Å². The van der Waals surface area contributed by atoms with E-state index in [0.717, 1.165) is 5.56 Å². The zero-order valence-corrected chi connectivity index (χ0v) is 8.18. The lowest BCUT2D eigenvalue weighted by Crippen LogP contribution is -2.03. The summed E-state index contributed by atoms with van der Waals surface area (Å²) in [5, 5.41) is 9.66. The molecule has 0 aliphatic carbocycles. The molecule has 0 radical (unpaired) electrons. The fourth-order valence-electron chi connectivity index (χ4n) is 1.24. The van der Waals surface area contributed by atoms with Crippen molar-refractivity contribution in [2.24, 2.45) is 0 Å². The van der Waals surface area contributed by atoms with Crippen LogP contribution in [-0.2, 0) is 4.79 Å². The van der Waals surface area contributed by atoms with E-state index in [1.54, 1.807) is 13.0 Å². The van der Waals surface area contributed by atoms with Gasteiger partial charge in [-0.05, 0) is 18.6 Å². The van der Waals surface area contributed by atoms with Crippen molar-refractivity contribution in [1.29, 1.82) is 0 Å². The molecule has 1 aromatic carbocycles. The Bertz CT molecular complexity index is 314. The summed E-state index contributed by atoms with van der Waals surface area (Å²) in [5.41, 5.74) is 0.783. The summed E-state index contributed by atoms with van der Waals surface area (Å²) in [5.74, 6) is -0.0520. The molecule has 1 N–H and O–H groups in total. The smallest absolute Gasteiger partial charge is 0.158 e. The number of rotatable bonds is 4. The van der Waals surface area contributed by atoms with Gasteiger partial charge < -0.3 is 5.11 Å². The maximum Gasteiger partial charge on any atom is 0.158 e. The van der Waals surface area contributed by atoms with E-state index < -0.39 is 6.10 Å². The lowest BCUT2D eigenvalue weighted by molar-refractivity contribution is -0.116. The molecular weight excluding hydrogens is 176 g/mol. The lowest BCUT2D eigenvalue weighted by Gasteiger charge is -2.07. The van der Waals surface area contributed by atoms with Crippen LogP contribution < -0.4 is 0 Å². The van der Waals surface area contributed by atoms with Crippen LogP contribution in [0.2, 0.25) is 0 Å². The van der Waals surface area contributed by atoms with E-state index in [1.165, 1.54) is 6.08 Å². The Labute approximate surface area is 83.9 Å². The number of ketones is 1. The second kappa shape index (κ2) is 5.35. The molecule has 14 heavy (non-hydrogen) atoms. The fraction of sp³-hybridized carbons (Fsp3) is 0.250. The second-order valence-electron chi connectivity index (χ2n) is 3.10. The number of carbonyl (C=O) groups excluding carboxylic acids is 1. The Morgan fingerprint density at radius 3 is 2.64 bits per heavy atom.